The number of rotatable bonds is 11. The summed E-state index contributed by atoms with van der Waals surface area (Å²) in [5.41, 5.74) is 8.23. The van der Waals surface area contributed by atoms with E-state index in [0.717, 1.165) is 53.1 Å². The normalized spacial score (nSPS) is 15.7. The Kier molecular flexibility index (Phi) is 9.35. The van der Waals surface area contributed by atoms with Gasteiger partial charge in [-0.05, 0) is 73.4 Å². The lowest BCUT2D eigenvalue weighted by Gasteiger charge is -2.43. The molecule has 5 rings (SSSR count). The van der Waals surface area contributed by atoms with E-state index in [4.69, 9.17) is 25.2 Å². The Morgan fingerprint density at radius 3 is 2.53 bits per heavy atom. The molecule has 1 radical (unpaired) electrons. The molecule has 8 nitrogen and oxygen atoms in total. The van der Waals surface area contributed by atoms with Gasteiger partial charge in [0.1, 0.15) is 23.1 Å². The second kappa shape index (κ2) is 13.2. The highest BCUT2D eigenvalue weighted by Crippen LogP contribution is 2.47. The number of carbonyl (C=O) groups is 1. The van der Waals surface area contributed by atoms with Gasteiger partial charge in [0.25, 0.3) is 0 Å². The third-order valence-corrected chi connectivity index (χ3v) is 8.66. The summed E-state index contributed by atoms with van der Waals surface area (Å²) >= 11 is 0. The van der Waals surface area contributed by atoms with Crippen LogP contribution in [0.4, 0.5) is 5.82 Å². The topological polar surface area (TPSA) is 106 Å². The van der Waals surface area contributed by atoms with Crippen molar-refractivity contribution in [2.45, 2.75) is 64.7 Å². The molecule has 0 bridgehead atoms. The molecule has 0 saturated carbocycles. The molecular weight excluding hydrogens is 538 g/mol. The van der Waals surface area contributed by atoms with Gasteiger partial charge in [0.15, 0.2) is 0 Å². The van der Waals surface area contributed by atoms with Gasteiger partial charge in [0, 0.05) is 68.4 Å². The molecule has 2 aromatic carbocycles. The van der Waals surface area contributed by atoms with Crippen LogP contribution in [0.1, 0.15) is 64.3 Å². The Morgan fingerprint density at radius 2 is 1.84 bits per heavy atom. The number of carbonyl (C=O) groups excluding carboxylic acids is 1. The minimum absolute atomic E-state index is 0.0635. The summed E-state index contributed by atoms with van der Waals surface area (Å²) < 4.78 is 14.0. The van der Waals surface area contributed by atoms with Gasteiger partial charge in [-0.3, -0.25) is 10.1 Å². The van der Waals surface area contributed by atoms with Crippen LogP contribution < -0.4 is 15.8 Å². The van der Waals surface area contributed by atoms with Crippen LogP contribution in [0.3, 0.4) is 0 Å². The Balaban J connectivity index is 1.55. The number of benzene rings is 2. The number of pyridine rings is 1. The van der Waals surface area contributed by atoms with E-state index in [1.807, 2.05) is 68.0 Å². The molecule has 1 saturated heterocycles. The van der Waals surface area contributed by atoms with Crippen molar-refractivity contribution in [2.24, 2.45) is 18.4 Å². The maximum absolute atomic E-state index is 13.2. The van der Waals surface area contributed by atoms with Crippen LogP contribution in [0.25, 0.3) is 10.9 Å². The van der Waals surface area contributed by atoms with Crippen molar-refractivity contribution in [1.29, 1.82) is 0 Å². The molecule has 2 N–H and O–H groups in total. The summed E-state index contributed by atoms with van der Waals surface area (Å²) in [5, 5.41) is 5.38. The van der Waals surface area contributed by atoms with Crippen LogP contribution in [0.15, 0.2) is 67.0 Å². The van der Waals surface area contributed by atoms with Crippen molar-refractivity contribution < 1.29 is 14.3 Å². The third-order valence-electron chi connectivity index (χ3n) is 8.66. The lowest BCUT2D eigenvalue weighted by atomic mass is 9.62. The summed E-state index contributed by atoms with van der Waals surface area (Å²) in [7, 11) is 2.01. The minimum Gasteiger partial charge on any atom is -0.457 e. The standard InChI is InChI=1S/C35H44N5O3/c1-34(2,3)16-17-38-32(41)12-15-35(26-13-20-42-21-14-26,24-31-37-18-19-40(31)4)29-23-25-22-28(10-11-30(25)39-33(29)36)43-27-8-6-5-7-9-27/h5-11,18-19,22-23,26H,12-17,20-21,24H2,1-4H3,(H2,36,39). The number of aryl methyl sites for hydroxylation is 1. The quantitative estimate of drug-likeness (QED) is 0.214. The third kappa shape index (κ3) is 7.54. The first-order chi connectivity index (χ1) is 20.6. The van der Waals surface area contributed by atoms with Gasteiger partial charge in [-0.15, -0.1) is 0 Å². The van der Waals surface area contributed by atoms with Crippen molar-refractivity contribution in [1.82, 2.24) is 19.9 Å². The predicted molar refractivity (Wildman–Crippen MR) is 170 cm³/mol. The van der Waals surface area contributed by atoms with Crippen molar-refractivity contribution >= 4 is 22.6 Å². The van der Waals surface area contributed by atoms with Crippen molar-refractivity contribution in [3.63, 3.8) is 0 Å². The summed E-state index contributed by atoms with van der Waals surface area (Å²) in [6.45, 7) is 8.39. The molecule has 1 aliphatic rings. The van der Waals surface area contributed by atoms with Gasteiger partial charge in [0.05, 0.1) is 5.52 Å². The zero-order valence-corrected chi connectivity index (χ0v) is 25.9. The van der Waals surface area contributed by atoms with E-state index in [1.54, 1.807) is 0 Å². The molecule has 0 spiro atoms. The molecule has 0 aliphatic carbocycles. The molecule has 1 aliphatic heterocycles. The summed E-state index contributed by atoms with van der Waals surface area (Å²) in [6, 6.07) is 17.8. The number of anilines is 1. The van der Waals surface area contributed by atoms with Crippen molar-refractivity contribution in [2.75, 3.05) is 25.5 Å². The number of aromatic nitrogens is 3. The molecule has 1 atom stereocenters. The highest BCUT2D eigenvalue weighted by atomic mass is 16.5. The summed E-state index contributed by atoms with van der Waals surface area (Å²) in [4.78, 5) is 22.8. The van der Waals surface area contributed by atoms with Crippen LogP contribution in [0, 0.1) is 11.3 Å². The first kappa shape index (κ1) is 30.5. The number of ether oxygens (including phenoxy) is 2. The zero-order chi connectivity index (χ0) is 30.5. The van der Waals surface area contributed by atoms with E-state index >= 15 is 0 Å². The van der Waals surface area contributed by atoms with Crippen LogP contribution in [-0.2, 0) is 28.4 Å². The van der Waals surface area contributed by atoms with Crippen LogP contribution in [-0.4, -0.2) is 40.2 Å². The summed E-state index contributed by atoms with van der Waals surface area (Å²) in [6.07, 6.45) is 7.96. The highest BCUT2D eigenvalue weighted by molar-refractivity contribution is 5.83. The molecule has 8 heteroatoms. The van der Waals surface area contributed by atoms with E-state index in [2.05, 4.69) is 36.7 Å². The molecule has 43 heavy (non-hydrogen) atoms. The molecule has 1 unspecified atom stereocenters. The fraction of sp³-hybridized carbons (Fsp3) is 0.457. The van der Waals surface area contributed by atoms with Crippen LogP contribution >= 0.6 is 0 Å². The van der Waals surface area contributed by atoms with Gasteiger partial charge in [0.2, 0.25) is 5.91 Å². The molecule has 3 heterocycles. The highest BCUT2D eigenvalue weighted by Gasteiger charge is 2.44. The number of nitrogen functional groups attached to an aromatic ring is 1. The largest absolute Gasteiger partial charge is 0.457 e. The predicted octanol–water partition coefficient (Wildman–Crippen LogP) is 6.60. The number of nitrogens with zero attached hydrogens (tertiary/aromatic N) is 4. The average molecular weight is 583 g/mol. The van der Waals surface area contributed by atoms with E-state index in [9.17, 15) is 4.79 Å². The number of imidazole rings is 1. The Hall–Kier alpha value is -3.91. The Bertz CT molecular complexity index is 1520. The van der Waals surface area contributed by atoms with E-state index in [-0.39, 0.29) is 17.2 Å². The molecule has 2 aromatic heterocycles. The summed E-state index contributed by atoms with van der Waals surface area (Å²) in [5.74, 6) is 3.10. The zero-order valence-electron chi connectivity index (χ0n) is 25.9. The Labute approximate surface area is 255 Å². The molecular formula is C35H44N5O3. The fourth-order valence-corrected chi connectivity index (χ4v) is 6.17. The SMILES string of the molecule is Cn1ccnc1CC(CCC(=O)[N]CCC(C)(C)C)(c1cc2cc(Oc3ccccc3)ccc2nc1N)C1CCOCC1. The lowest BCUT2D eigenvalue weighted by Crippen LogP contribution is -2.43. The van der Waals surface area contributed by atoms with E-state index < -0.39 is 5.41 Å². The van der Waals surface area contributed by atoms with Crippen LogP contribution in [0.2, 0.25) is 0 Å². The van der Waals surface area contributed by atoms with Crippen LogP contribution in [0.5, 0.6) is 11.5 Å². The number of fused-ring (bicyclic) bond motifs is 1. The van der Waals surface area contributed by atoms with Crippen molar-refractivity contribution in [3.05, 3.63) is 78.4 Å². The van der Waals surface area contributed by atoms with Crippen molar-refractivity contribution in [3.8, 4) is 11.5 Å². The first-order valence-electron chi connectivity index (χ1n) is 15.3. The van der Waals surface area contributed by atoms with E-state index in [1.165, 1.54) is 0 Å². The fourth-order valence-electron chi connectivity index (χ4n) is 6.17. The smallest absolute Gasteiger partial charge is 0.241 e. The number of nitrogens with two attached hydrogens (primary N) is 1. The molecule has 4 aromatic rings. The lowest BCUT2D eigenvalue weighted by molar-refractivity contribution is -0.122. The maximum atomic E-state index is 13.2. The average Bonchev–Trinajstić information content (AvgIpc) is 3.39. The molecule has 1 amide bonds. The number of hydrogen-bond acceptors (Lipinski definition) is 6. The number of amides is 1. The first-order valence-corrected chi connectivity index (χ1v) is 15.3. The number of para-hydroxylation sites is 1. The maximum Gasteiger partial charge on any atom is 0.241 e. The molecule has 227 valence electrons. The second-order valence-corrected chi connectivity index (χ2v) is 13.0. The monoisotopic (exact) mass is 582 g/mol. The van der Waals surface area contributed by atoms with E-state index in [0.29, 0.717) is 44.8 Å². The molecule has 1 fully saturated rings. The second-order valence-electron chi connectivity index (χ2n) is 13.0. The Morgan fingerprint density at radius 1 is 1.07 bits per heavy atom. The van der Waals surface area contributed by atoms with Gasteiger partial charge in [-0.1, -0.05) is 39.0 Å². The van der Waals surface area contributed by atoms with Gasteiger partial charge in [-0.25, -0.2) is 9.97 Å². The minimum atomic E-state index is -0.486. The van der Waals surface area contributed by atoms with Gasteiger partial charge >= 0.3 is 0 Å². The van der Waals surface area contributed by atoms with Gasteiger partial charge in [-0.2, -0.15) is 0 Å². The van der Waals surface area contributed by atoms with Gasteiger partial charge < -0.3 is 19.8 Å². The number of hydrogen-bond donors (Lipinski definition) is 1.